The Hall–Kier alpha value is -2.63. The number of hydrogen-bond donors (Lipinski definition) is 2. The van der Waals surface area contributed by atoms with Crippen LogP contribution in [-0.4, -0.2) is 43.7 Å². The van der Waals surface area contributed by atoms with Crippen LogP contribution >= 0.6 is 0 Å². The predicted octanol–water partition coefficient (Wildman–Crippen LogP) is 3.25. The van der Waals surface area contributed by atoms with Crippen LogP contribution in [0.25, 0.3) is 0 Å². The summed E-state index contributed by atoms with van der Waals surface area (Å²) < 4.78 is 14.0. The summed E-state index contributed by atoms with van der Waals surface area (Å²) in [5.41, 5.74) is 2.60. The maximum Gasteiger partial charge on any atom is 0.191 e. The third-order valence-electron chi connectivity index (χ3n) is 5.36. The lowest BCUT2D eigenvalue weighted by Gasteiger charge is -2.29. The van der Waals surface area contributed by atoms with Crippen molar-refractivity contribution in [2.75, 3.05) is 31.6 Å². The molecule has 150 valence electrons. The zero-order valence-electron chi connectivity index (χ0n) is 17.2. The summed E-state index contributed by atoms with van der Waals surface area (Å²) in [5, 5.41) is 6.93. The SMILES string of the molecule is CN=C(NCC(C)(C)c1ccccc1C)NC1CCN(c2ncccc2F)C1. The number of aryl methyl sites for hydroxylation is 1. The van der Waals surface area contributed by atoms with Gasteiger partial charge in [-0.15, -0.1) is 0 Å². The Morgan fingerprint density at radius 2 is 2.07 bits per heavy atom. The van der Waals surface area contributed by atoms with E-state index in [0.717, 1.165) is 25.5 Å². The number of anilines is 1. The Labute approximate surface area is 167 Å². The smallest absolute Gasteiger partial charge is 0.191 e. The summed E-state index contributed by atoms with van der Waals surface area (Å²) in [7, 11) is 1.78. The van der Waals surface area contributed by atoms with Crippen molar-refractivity contribution in [2.24, 2.45) is 4.99 Å². The van der Waals surface area contributed by atoms with Crippen molar-refractivity contribution >= 4 is 11.8 Å². The Kier molecular flexibility index (Phi) is 6.17. The molecule has 0 spiro atoms. The second-order valence-corrected chi connectivity index (χ2v) is 8.01. The van der Waals surface area contributed by atoms with Crippen molar-refractivity contribution in [3.63, 3.8) is 0 Å². The van der Waals surface area contributed by atoms with E-state index in [-0.39, 0.29) is 17.3 Å². The maximum atomic E-state index is 14.0. The fourth-order valence-corrected chi connectivity index (χ4v) is 3.80. The summed E-state index contributed by atoms with van der Waals surface area (Å²) in [6, 6.07) is 11.8. The molecule has 1 fully saturated rings. The third kappa shape index (κ3) is 4.61. The van der Waals surface area contributed by atoms with Gasteiger partial charge in [-0.25, -0.2) is 9.37 Å². The molecule has 6 heteroatoms. The van der Waals surface area contributed by atoms with Crippen molar-refractivity contribution in [2.45, 2.75) is 38.6 Å². The average molecular weight is 384 g/mol. The second-order valence-electron chi connectivity index (χ2n) is 8.01. The zero-order valence-corrected chi connectivity index (χ0v) is 17.2. The topological polar surface area (TPSA) is 52.6 Å². The molecule has 2 aromatic rings. The average Bonchev–Trinajstić information content (AvgIpc) is 3.14. The van der Waals surface area contributed by atoms with Crippen LogP contribution in [0, 0.1) is 12.7 Å². The summed E-state index contributed by atoms with van der Waals surface area (Å²) in [5.74, 6) is 0.927. The van der Waals surface area contributed by atoms with Gasteiger partial charge in [-0.05, 0) is 36.6 Å². The summed E-state index contributed by atoms with van der Waals surface area (Å²) in [4.78, 5) is 10.5. The van der Waals surface area contributed by atoms with Gasteiger partial charge in [-0.3, -0.25) is 4.99 Å². The van der Waals surface area contributed by atoms with E-state index >= 15 is 0 Å². The molecule has 1 aliphatic rings. The number of aromatic nitrogens is 1. The minimum absolute atomic E-state index is 0.0260. The van der Waals surface area contributed by atoms with E-state index in [1.54, 1.807) is 19.3 Å². The Morgan fingerprint density at radius 3 is 2.79 bits per heavy atom. The van der Waals surface area contributed by atoms with Gasteiger partial charge in [-0.2, -0.15) is 0 Å². The number of pyridine rings is 1. The van der Waals surface area contributed by atoms with E-state index in [2.05, 4.69) is 65.6 Å². The Morgan fingerprint density at radius 1 is 1.29 bits per heavy atom. The number of hydrogen-bond acceptors (Lipinski definition) is 3. The van der Waals surface area contributed by atoms with Gasteiger partial charge in [0.15, 0.2) is 17.6 Å². The van der Waals surface area contributed by atoms with E-state index < -0.39 is 0 Å². The van der Waals surface area contributed by atoms with Crippen LogP contribution in [0.1, 0.15) is 31.4 Å². The molecule has 0 bridgehead atoms. The van der Waals surface area contributed by atoms with Gasteiger partial charge in [-0.1, -0.05) is 38.1 Å². The minimum atomic E-state index is -0.273. The highest BCUT2D eigenvalue weighted by atomic mass is 19.1. The summed E-state index contributed by atoms with van der Waals surface area (Å²) in [6.45, 7) is 8.86. The van der Waals surface area contributed by atoms with E-state index in [1.165, 1.54) is 17.2 Å². The molecule has 1 aromatic carbocycles. The quantitative estimate of drug-likeness (QED) is 0.615. The van der Waals surface area contributed by atoms with Gasteiger partial charge in [0.2, 0.25) is 0 Å². The van der Waals surface area contributed by atoms with Crippen LogP contribution in [-0.2, 0) is 5.41 Å². The first kappa shape index (κ1) is 20.1. The van der Waals surface area contributed by atoms with Crippen LogP contribution in [0.2, 0.25) is 0 Å². The van der Waals surface area contributed by atoms with Gasteiger partial charge < -0.3 is 15.5 Å². The molecule has 0 radical (unpaired) electrons. The fraction of sp³-hybridized carbons (Fsp3) is 0.455. The number of benzene rings is 1. The molecule has 1 atom stereocenters. The van der Waals surface area contributed by atoms with Gasteiger partial charge in [0.05, 0.1) is 0 Å². The highest BCUT2D eigenvalue weighted by Crippen LogP contribution is 2.25. The van der Waals surface area contributed by atoms with Crippen LogP contribution < -0.4 is 15.5 Å². The molecule has 0 saturated carbocycles. The van der Waals surface area contributed by atoms with Crippen LogP contribution in [0.5, 0.6) is 0 Å². The van der Waals surface area contributed by atoms with Crippen LogP contribution in [0.4, 0.5) is 10.2 Å². The molecule has 0 aliphatic carbocycles. The molecule has 1 unspecified atom stereocenters. The lowest BCUT2D eigenvalue weighted by molar-refractivity contribution is 0.502. The summed E-state index contributed by atoms with van der Waals surface area (Å²) >= 11 is 0. The zero-order chi connectivity index (χ0) is 20.1. The fourth-order valence-electron chi connectivity index (χ4n) is 3.80. The van der Waals surface area contributed by atoms with Gasteiger partial charge >= 0.3 is 0 Å². The van der Waals surface area contributed by atoms with Crippen molar-refractivity contribution < 1.29 is 4.39 Å². The first-order valence-electron chi connectivity index (χ1n) is 9.79. The number of halogens is 1. The van der Waals surface area contributed by atoms with E-state index in [9.17, 15) is 4.39 Å². The lowest BCUT2D eigenvalue weighted by Crippen LogP contribution is -2.48. The van der Waals surface area contributed by atoms with Crippen molar-refractivity contribution in [1.82, 2.24) is 15.6 Å². The summed E-state index contributed by atoms with van der Waals surface area (Å²) in [6.07, 6.45) is 2.55. The molecule has 2 N–H and O–H groups in total. The van der Waals surface area contributed by atoms with Gasteiger partial charge in [0, 0.05) is 44.3 Å². The monoisotopic (exact) mass is 383 g/mol. The molecule has 28 heavy (non-hydrogen) atoms. The highest BCUT2D eigenvalue weighted by Gasteiger charge is 2.27. The van der Waals surface area contributed by atoms with Crippen LogP contribution in [0.3, 0.4) is 0 Å². The number of guanidine groups is 1. The highest BCUT2D eigenvalue weighted by molar-refractivity contribution is 5.80. The molecule has 0 amide bonds. The molecule has 5 nitrogen and oxygen atoms in total. The Balaban J connectivity index is 1.57. The van der Waals surface area contributed by atoms with Crippen molar-refractivity contribution in [3.05, 3.63) is 59.5 Å². The molecule has 1 aliphatic heterocycles. The lowest BCUT2D eigenvalue weighted by atomic mass is 9.82. The van der Waals surface area contributed by atoms with Gasteiger partial charge in [0.25, 0.3) is 0 Å². The first-order valence-corrected chi connectivity index (χ1v) is 9.79. The normalized spacial score (nSPS) is 17.7. The van der Waals surface area contributed by atoms with Crippen LogP contribution in [0.15, 0.2) is 47.6 Å². The van der Waals surface area contributed by atoms with E-state index in [0.29, 0.717) is 12.4 Å². The van der Waals surface area contributed by atoms with E-state index in [1.807, 2.05) is 4.90 Å². The van der Waals surface area contributed by atoms with Crippen molar-refractivity contribution in [3.8, 4) is 0 Å². The predicted molar refractivity (Wildman–Crippen MR) is 114 cm³/mol. The molecular weight excluding hydrogens is 353 g/mol. The number of aliphatic imine (C=N–C) groups is 1. The Bertz CT molecular complexity index is 833. The molecule has 2 heterocycles. The number of nitrogens with zero attached hydrogens (tertiary/aromatic N) is 3. The third-order valence-corrected chi connectivity index (χ3v) is 5.36. The molecular formula is C22H30FN5. The molecule has 3 rings (SSSR count). The van der Waals surface area contributed by atoms with Gasteiger partial charge in [0.1, 0.15) is 0 Å². The maximum absolute atomic E-state index is 14.0. The first-order chi connectivity index (χ1) is 13.4. The second kappa shape index (κ2) is 8.59. The number of rotatable bonds is 5. The van der Waals surface area contributed by atoms with Crippen molar-refractivity contribution in [1.29, 1.82) is 0 Å². The van der Waals surface area contributed by atoms with E-state index in [4.69, 9.17) is 0 Å². The minimum Gasteiger partial charge on any atom is -0.356 e. The number of nitrogens with one attached hydrogen (secondary N) is 2. The molecule has 1 saturated heterocycles. The standard InChI is InChI=1S/C22H30FN5/c1-16-8-5-6-9-18(16)22(2,3)15-26-21(24-4)27-17-11-13-28(14-17)20-19(23)10-7-12-25-20/h5-10,12,17H,11,13-15H2,1-4H3,(H2,24,26,27). The molecule has 1 aromatic heterocycles. The largest absolute Gasteiger partial charge is 0.356 e.